The van der Waals surface area contributed by atoms with Gasteiger partial charge in [0.15, 0.2) is 0 Å². The number of para-hydroxylation sites is 1. The Kier molecular flexibility index (Phi) is 5.31. The summed E-state index contributed by atoms with van der Waals surface area (Å²) in [6, 6.07) is 3.76. The van der Waals surface area contributed by atoms with Crippen LogP contribution in [0.3, 0.4) is 0 Å². The van der Waals surface area contributed by atoms with Crippen LogP contribution in [-0.4, -0.2) is 46.8 Å². The first-order valence-corrected chi connectivity index (χ1v) is 6.34. The molecular formula is C12H15BrN2O4. The highest BCUT2D eigenvalue weighted by atomic mass is 79.9. The maximum Gasteiger partial charge on any atom is 0.337 e. The lowest BCUT2D eigenvalue weighted by molar-refractivity contribution is 0.0698. The standard InChI is InChI=1S/C12H15BrN2O4/c1-7(6-16)15(2)12(19)14-10-8(11(17)18)4-3-5-9(10)13/h3-5,7,16H,6H2,1-2H3,(H,14,19)(H,17,18). The molecular weight excluding hydrogens is 316 g/mol. The molecule has 0 bridgehead atoms. The van der Waals surface area contributed by atoms with Gasteiger partial charge in [-0.15, -0.1) is 0 Å². The fourth-order valence-electron chi connectivity index (χ4n) is 1.35. The van der Waals surface area contributed by atoms with Gasteiger partial charge in [-0.3, -0.25) is 0 Å². The number of carbonyl (C=O) groups excluding carboxylic acids is 1. The van der Waals surface area contributed by atoms with Gasteiger partial charge in [-0.2, -0.15) is 0 Å². The summed E-state index contributed by atoms with van der Waals surface area (Å²) < 4.78 is 0.478. The van der Waals surface area contributed by atoms with Gasteiger partial charge >= 0.3 is 12.0 Å². The molecule has 19 heavy (non-hydrogen) atoms. The molecule has 1 rings (SSSR count). The molecule has 0 aliphatic rings. The molecule has 1 unspecified atom stereocenters. The number of aliphatic hydroxyl groups excluding tert-OH is 1. The molecule has 0 aliphatic carbocycles. The van der Waals surface area contributed by atoms with Gasteiger partial charge in [0.2, 0.25) is 0 Å². The first-order chi connectivity index (χ1) is 8.88. The van der Waals surface area contributed by atoms with Crippen molar-refractivity contribution in [1.29, 1.82) is 0 Å². The average molecular weight is 331 g/mol. The molecule has 104 valence electrons. The number of amides is 2. The predicted molar refractivity (Wildman–Crippen MR) is 74.4 cm³/mol. The van der Waals surface area contributed by atoms with Gasteiger partial charge in [-0.25, -0.2) is 9.59 Å². The first kappa shape index (κ1) is 15.5. The molecule has 0 aliphatic heterocycles. The summed E-state index contributed by atoms with van der Waals surface area (Å²) in [6.07, 6.45) is 0. The lowest BCUT2D eigenvalue weighted by Crippen LogP contribution is -2.40. The van der Waals surface area contributed by atoms with Crippen molar-refractivity contribution in [3.63, 3.8) is 0 Å². The van der Waals surface area contributed by atoms with E-state index in [1.54, 1.807) is 19.1 Å². The molecule has 1 atom stereocenters. The number of benzene rings is 1. The third-order valence-electron chi connectivity index (χ3n) is 2.72. The highest BCUT2D eigenvalue weighted by Crippen LogP contribution is 2.26. The van der Waals surface area contributed by atoms with Crippen LogP contribution in [0.4, 0.5) is 10.5 Å². The predicted octanol–water partition coefficient (Wildman–Crippen LogP) is 1.99. The summed E-state index contributed by atoms with van der Waals surface area (Å²) in [5.41, 5.74) is 0.185. The zero-order chi connectivity index (χ0) is 14.6. The second kappa shape index (κ2) is 6.53. The highest BCUT2D eigenvalue weighted by molar-refractivity contribution is 9.10. The number of hydrogen-bond donors (Lipinski definition) is 3. The Morgan fingerprint density at radius 3 is 2.63 bits per heavy atom. The summed E-state index contributed by atoms with van der Waals surface area (Å²) in [6.45, 7) is 1.50. The van der Waals surface area contributed by atoms with Crippen LogP contribution >= 0.6 is 15.9 Å². The molecule has 0 radical (unpaired) electrons. The number of aliphatic hydroxyl groups is 1. The van der Waals surface area contributed by atoms with Gasteiger partial charge in [-0.1, -0.05) is 6.07 Å². The number of rotatable bonds is 4. The van der Waals surface area contributed by atoms with Crippen molar-refractivity contribution in [1.82, 2.24) is 4.90 Å². The van der Waals surface area contributed by atoms with Gasteiger partial charge in [-0.05, 0) is 35.0 Å². The number of likely N-dealkylation sites (N-methyl/N-ethyl adjacent to an activating group) is 1. The van der Waals surface area contributed by atoms with Crippen molar-refractivity contribution in [2.45, 2.75) is 13.0 Å². The number of nitrogens with one attached hydrogen (secondary N) is 1. The number of urea groups is 1. The number of aromatic carboxylic acids is 1. The van der Waals surface area contributed by atoms with Gasteiger partial charge in [0.1, 0.15) is 0 Å². The van der Waals surface area contributed by atoms with Crippen LogP contribution in [-0.2, 0) is 0 Å². The average Bonchev–Trinajstić information content (AvgIpc) is 2.38. The van der Waals surface area contributed by atoms with Crippen LogP contribution in [0.5, 0.6) is 0 Å². The maximum absolute atomic E-state index is 11.9. The summed E-state index contributed by atoms with van der Waals surface area (Å²) in [4.78, 5) is 24.3. The zero-order valence-corrected chi connectivity index (χ0v) is 12.1. The van der Waals surface area contributed by atoms with Crippen molar-refractivity contribution in [3.8, 4) is 0 Å². The van der Waals surface area contributed by atoms with Crippen LogP contribution < -0.4 is 5.32 Å². The molecule has 1 aromatic carbocycles. The maximum atomic E-state index is 11.9. The summed E-state index contributed by atoms with van der Waals surface area (Å²) >= 11 is 3.20. The number of nitrogens with zero attached hydrogens (tertiary/aromatic N) is 1. The van der Waals surface area contributed by atoms with E-state index in [9.17, 15) is 9.59 Å². The van der Waals surface area contributed by atoms with E-state index in [0.29, 0.717) is 4.47 Å². The number of carboxylic acids is 1. The van der Waals surface area contributed by atoms with E-state index in [0.717, 1.165) is 0 Å². The SMILES string of the molecule is CC(CO)N(C)C(=O)Nc1c(Br)cccc1C(=O)O. The number of anilines is 1. The lowest BCUT2D eigenvalue weighted by atomic mass is 10.2. The largest absolute Gasteiger partial charge is 0.478 e. The molecule has 0 saturated heterocycles. The van der Waals surface area contributed by atoms with Crippen molar-refractivity contribution in [2.24, 2.45) is 0 Å². The summed E-state index contributed by atoms with van der Waals surface area (Å²) in [5, 5.41) is 20.6. The fourth-order valence-corrected chi connectivity index (χ4v) is 1.81. The number of hydrogen-bond acceptors (Lipinski definition) is 3. The van der Waals surface area contributed by atoms with Crippen molar-refractivity contribution >= 4 is 33.6 Å². The van der Waals surface area contributed by atoms with Crippen molar-refractivity contribution in [2.75, 3.05) is 19.0 Å². The highest BCUT2D eigenvalue weighted by Gasteiger charge is 2.19. The topological polar surface area (TPSA) is 89.9 Å². The molecule has 0 aromatic heterocycles. The third kappa shape index (κ3) is 3.68. The molecule has 6 nitrogen and oxygen atoms in total. The van der Waals surface area contributed by atoms with E-state index in [4.69, 9.17) is 10.2 Å². The molecule has 0 fully saturated rings. The van der Waals surface area contributed by atoms with Crippen LogP contribution in [0.25, 0.3) is 0 Å². The number of carboxylic acid groups (broad SMARTS) is 1. The van der Waals surface area contributed by atoms with Crippen LogP contribution in [0.15, 0.2) is 22.7 Å². The Morgan fingerprint density at radius 1 is 1.47 bits per heavy atom. The van der Waals surface area contributed by atoms with Crippen LogP contribution in [0.2, 0.25) is 0 Å². The van der Waals surface area contributed by atoms with Gasteiger partial charge in [0, 0.05) is 11.5 Å². The number of halogens is 1. The van der Waals surface area contributed by atoms with Crippen molar-refractivity contribution < 1.29 is 19.8 Å². The lowest BCUT2D eigenvalue weighted by Gasteiger charge is -2.24. The minimum atomic E-state index is -1.13. The quantitative estimate of drug-likeness (QED) is 0.787. The smallest absolute Gasteiger partial charge is 0.337 e. The third-order valence-corrected chi connectivity index (χ3v) is 3.38. The Bertz CT molecular complexity index is 493. The monoisotopic (exact) mass is 330 g/mol. The van der Waals surface area contributed by atoms with E-state index in [-0.39, 0.29) is 23.9 Å². The minimum Gasteiger partial charge on any atom is -0.478 e. The van der Waals surface area contributed by atoms with E-state index in [1.807, 2.05) is 0 Å². The van der Waals surface area contributed by atoms with Crippen molar-refractivity contribution in [3.05, 3.63) is 28.2 Å². The Hall–Kier alpha value is -1.60. The molecule has 0 spiro atoms. The summed E-state index contributed by atoms with van der Waals surface area (Å²) in [5.74, 6) is -1.13. The minimum absolute atomic E-state index is 0.00669. The summed E-state index contributed by atoms with van der Waals surface area (Å²) in [7, 11) is 1.52. The van der Waals surface area contributed by atoms with Crippen LogP contribution in [0.1, 0.15) is 17.3 Å². The first-order valence-electron chi connectivity index (χ1n) is 5.55. The molecule has 1 aromatic rings. The Labute approximate surface area is 119 Å². The van der Waals surface area contributed by atoms with Gasteiger partial charge in [0.25, 0.3) is 0 Å². The van der Waals surface area contributed by atoms with E-state index < -0.39 is 12.0 Å². The van der Waals surface area contributed by atoms with Crippen LogP contribution in [0, 0.1) is 0 Å². The molecule has 0 heterocycles. The Balaban J connectivity index is 2.99. The van der Waals surface area contributed by atoms with Gasteiger partial charge < -0.3 is 20.4 Å². The van der Waals surface area contributed by atoms with E-state index >= 15 is 0 Å². The second-order valence-corrected chi connectivity index (χ2v) is 4.89. The zero-order valence-electron chi connectivity index (χ0n) is 10.6. The number of carbonyl (C=O) groups is 2. The molecule has 2 amide bonds. The second-order valence-electron chi connectivity index (χ2n) is 4.04. The van der Waals surface area contributed by atoms with E-state index in [1.165, 1.54) is 18.0 Å². The van der Waals surface area contributed by atoms with Gasteiger partial charge in [0.05, 0.1) is 23.9 Å². The fraction of sp³-hybridized carbons (Fsp3) is 0.333. The molecule has 0 saturated carbocycles. The van der Waals surface area contributed by atoms with E-state index in [2.05, 4.69) is 21.2 Å². The molecule has 3 N–H and O–H groups in total. The Morgan fingerprint density at radius 2 is 2.11 bits per heavy atom. The molecule has 7 heteroatoms. The normalized spacial score (nSPS) is 11.8.